The number of aryl methyl sites for hydroxylation is 1. The summed E-state index contributed by atoms with van der Waals surface area (Å²) in [7, 11) is 1.71. The molecule has 3 heterocycles. The van der Waals surface area contributed by atoms with Crippen molar-refractivity contribution in [1.82, 2.24) is 29.6 Å². The lowest BCUT2D eigenvalue weighted by molar-refractivity contribution is -0.122. The molecule has 3 aromatic heterocycles. The summed E-state index contributed by atoms with van der Waals surface area (Å²) < 4.78 is 2.80. The molecule has 0 bridgehead atoms. The lowest BCUT2D eigenvalue weighted by Gasteiger charge is -2.14. The smallest absolute Gasteiger partial charge is 0.264 e. The Kier molecular flexibility index (Phi) is 3.88. The summed E-state index contributed by atoms with van der Waals surface area (Å²) in [6, 6.07) is 3.50. The third-order valence-electron chi connectivity index (χ3n) is 3.62. The van der Waals surface area contributed by atoms with Gasteiger partial charge in [0.1, 0.15) is 18.3 Å². The lowest BCUT2D eigenvalue weighted by Crippen LogP contribution is -2.33. The van der Waals surface area contributed by atoms with Crippen molar-refractivity contribution < 1.29 is 4.79 Å². The van der Waals surface area contributed by atoms with Crippen LogP contribution < -0.4 is 10.9 Å². The summed E-state index contributed by atoms with van der Waals surface area (Å²) in [6.45, 7) is 1.78. The van der Waals surface area contributed by atoms with Crippen molar-refractivity contribution in [3.8, 4) is 0 Å². The second-order valence-corrected chi connectivity index (χ2v) is 5.25. The molecule has 0 aromatic carbocycles. The number of hydrogen-bond acceptors (Lipinski definition) is 5. The van der Waals surface area contributed by atoms with Gasteiger partial charge < -0.3 is 5.32 Å². The monoisotopic (exact) mass is 312 g/mol. The maximum atomic E-state index is 12.3. The van der Waals surface area contributed by atoms with Crippen molar-refractivity contribution in [1.29, 1.82) is 0 Å². The highest BCUT2D eigenvalue weighted by molar-refractivity contribution is 5.77. The largest absolute Gasteiger partial charge is 0.348 e. The fourth-order valence-electron chi connectivity index (χ4n) is 2.36. The minimum atomic E-state index is -0.283. The van der Waals surface area contributed by atoms with Crippen LogP contribution in [0.15, 0.2) is 41.8 Å². The zero-order valence-electron chi connectivity index (χ0n) is 12.8. The molecule has 0 spiro atoms. The number of rotatable bonds is 4. The quantitative estimate of drug-likeness (QED) is 0.752. The van der Waals surface area contributed by atoms with Crippen molar-refractivity contribution in [2.24, 2.45) is 7.05 Å². The first-order valence-corrected chi connectivity index (χ1v) is 7.12. The third kappa shape index (κ3) is 2.96. The molecule has 8 heteroatoms. The van der Waals surface area contributed by atoms with Gasteiger partial charge in [0, 0.05) is 19.4 Å². The van der Waals surface area contributed by atoms with Crippen molar-refractivity contribution >= 4 is 16.9 Å². The average molecular weight is 312 g/mol. The highest BCUT2D eigenvalue weighted by Crippen LogP contribution is 2.10. The molecule has 0 saturated heterocycles. The number of aromatic nitrogens is 5. The van der Waals surface area contributed by atoms with E-state index in [4.69, 9.17) is 0 Å². The molecular formula is C15H16N6O2. The van der Waals surface area contributed by atoms with E-state index in [-0.39, 0.29) is 24.1 Å². The van der Waals surface area contributed by atoms with E-state index >= 15 is 0 Å². The van der Waals surface area contributed by atoms with Gasteiger partial charge in [-0.25, -0.2) is 4.98 Å². The molecule has 0 unspecified atom stereocenters. The number of pyridine rings is 1. The summed E-state index contributed by atoms with van der Waals surface area (Å²) in [4.78, 5) is 32.6. The van der Waals surface area contributed by atoms with E-state index in [9.17, 15) is 9.59 Å². The van der Waals surface area contributed by atoms with Gasteiger partial charge in [0.05, 0.1) is 12.2 Å². The van der Waals surface area contributed by atoms with Gasteiger partial charge in [-0.1, -0.05) is 0 Å². The zero-order valence-corrected chi connectivity index (χ0v) is 12.8. The molecule has 0 radical (unpaired) electrons. The molecule has 23 heavy (non-hydrogen) atoms. The Labute approximate surface area is 131 Å². The highest BCUT2D eigenvalue weighted by Gasteiger charge is 2.13. The van der Waals surface area contributed by atoms with Gasteiger partial charge in [-0.3, -0.25) is 23.8 Å². The molecular weight excluding hydrogens is 296 g/mol. The van der Waals surface area contributed by atoms with Crippen LogP contribution in [-0.4, -0.2) is 30.2 Å². The molecule has 1 amide bonds. The van der Waals surface area contributed by atoms with Gasteiger partial charge in [-0.05, 0) is 24.6 Å². The van der Waals surface area contributed by atoms with Crippen molar-refractivity contribution in [3.05, 3.63) is 53.0 Å². The normalized spacial score (nSPS) is 12.3. The summed E-state index contributed by atoms with van der Waals surface area (Å²) in [6.07, 6.45) is 6.16. The average Bonchev–Trinajstić information content (AvgIpc) is 2.93. The molecule has 0 aliphatic carbocycles. The fourth-order valence-corrected chi connectivity index (χ4v) is 2.36. The second kappa shape index (κ2) is 5.99. The van der Waals surface area contributed by atoms with Crippen LogP contribution in [0.2, 0.25) is 0 Å². The summed E-state index contributed by atoms with van der Waals surface area (Å²) >= 11 is 0. The minimum Gasteiger partial charge on any atom is -0.348 e. The van der Waals surface area contributed by atoms with Crippen LogP contribution in [0, 0.1) is 0 Å². The topological polar surface area (TPSA) is 94.7 Å². The van der Waals surface area contributed by atoms with Crippen LogP contribution in [0.25, 0.3) is 11.0 Å². The van der Waals surface area contributed by atoms with Crippen LogP contribution >= 0.6 is 0 Å². The zero-order chi connectivity index (χ0) is 16.4. The van der Waals surface area contributed by atoms with Gasteiger partial charge >= 0.3 is 0 Å². The predicted octanol–water partition coefficient (Wildman–Crippen LogP) is 0.402. The van der Waals surface area contributed by atoms with E-state index in [2.05, 4.69) is 20.4 Å². The molecule has 0 fully saturated rings. The maximum Gasteiger partial charge on any atom is 0.264 e. The van der Waals surface area contributed by atoms with Crippen LogP contribution in [0.4, 0.5) is 0 Å². The molecule has 3 rings (SSSR count). The van der Waals surface area contributed by atoms with Crippen LogP contribution in [0.3, 0.4) is 0 Å². The first-order valence-electron chi connectivity index (χ1n) is 7.12. The van der Waals surface area contributed by atoms with Crippen LogP contribution in [-0.2, 0) is 18.4 Å². The van der Waals surface area contributed by atoms with Crippen LogP contribution in [0.1, 0.15) is 18.5 Å². The third-order valence-corrected chi connectivity index (χ3v) is 3.62. The van der Waals surface area contributed by atoms with E-state index < -0.39 is 0 Å². The summed E-state index contributed by atoms with van der Waals surface area (Å²) in [5.74, 6) is -0.263. The Morgan fingerprint density at radius 2 is 2.09 bits per heavy atom. The van der Waals surface area contributed by atoms with E-state index in [1.807, 2.05) is 19.1 Å². The SMILES string of the molecule is C[C@H](NC(=O)Cn1cnc2c(cnn2C)c1=O)c1ccncc1. The van der Waals surface area contributed by atoms with E-state index in [0.29, 0.717) is 11.0 Å². The van der Waals surface area contributed by atoms with E-state index in [0.717, 1.165) is 5.56 Å². The first kappa shape index (κ1) is 14.9. The number of carbonyl (C=O) groups excluding carboxylic acids is 1. The molecule has 3 aromatic rings. The van der Waals surface area contributed by atoms with E-state index in [1.165, 1.54) is 21.8 Å². The number of fused-ring (bicyclic) bond motifs is 1. The number of carbonyl (C=O) groups is 1. The molecule has 8 nitrogen and oxygen atoms in total. The van der Waals surface area contributed by atoms with Crippen molar-refractivity contribution in [3.63, 3.8) is 0 Å². The molecule has 118 valence electrons. The first-order chi connectivity index (χ1) is 11.1. The summed E-state index contributed by atoms with van der Waals surface area (Å²) in [5, 5.41) is 7.24. The number of nitrogens with zero attached hydrogens (tertiary/aromatic N) is 5. The molecule has 0 aliphatic rings. The van der Waals surface area contributed by atoms with Gasteiger partial charge in [0.2, 0.25) is 5.91 Å². The van der Waals surface area contributed by atoms with Crippen molar-refractivity contribution in [2.75, 3.05) is 0 Å². The Bertz CT molecular complexity index is 899. The number of amides is 1. The second-order valence-electron chi connectivity index (χ2n) is 5.25. The van der Waals surface area contributed by atoms with Crippen molar-refractivity contribution in [2.45, 2.75) is 19.5 Å². The van der Waals surface area contributed by atoms with E-state index in [1.54, 1.807) is 19.4 Å². The Hall–Kier alpha value is -3.03. The molecule has 1 N–H and O–H groups in total. The minimum absolute atomic E-state index is 0.0912. The van der Waals surface area contributed by atoms with Crippen LogP contribution in [0.5, 0.6) is 0 Å². The Balaban J connectivity index is 1.75. The Morgan fingerprint density at radius 1 is 1.35 bits per heavy atom. The maximum absolute atomic E-state index is 12.3. The highest BCUT2D eigenvalue weighted by atomic mass is 16.2. The number of hydrogen-bond donors (Lipinski definition) is 1. The van der Waals surface area contributed by atoms with Gasteiger partial charge in [0.15, 0.2) is 5.65 Å². The lowest BCUT2D eigenvalue weighted by atomic mass is 10.1. The predicted molar refractivity (Wildman–Crippen MR) is 83.6 cm³/mol. The Morgan fingerprint density at radius 3 is 2.83 bits per heavy atom. The standard InChI is InChI=1S/C15H16N6O2/c1-10(11-3-5-16-6-4-11)19-13(22)8-21-9-17-14-12(15(21)23)7-18-20(14)2/h3-7,9-10H,8H2,1-2H3,(H,19,22)/t10-/m0/s1. The summed E-state index contributed by atoms with van der Waals surface area (Å²) in [5.41, 5.74) is 1.16. The molecule has 0 saturated carbocycles. The van der Waals surface area contributed by atoms with Gasteiger partial charge in [-0.2, -0.15) is 5.10 Å². The van der Waals surface area contributed by atoms with Gasteiger partial charge in [-0.15, -0.1) is 0 Å². The molecule has 1 atom stereocenters. The number of nitrogens with one attached hydrogen (secondary N) is 1. The van der Waals surface area contributed by atoms with Gasteiger partial charge in [0.25, 0.3) is 5.56 Å². The molecule has 0 aliphatic heterocycles. The fraction of sp³-hybridized carbons (Fsp3) is 0.267.